The molecule has 1 spiro atoms. The molecule has 134 valence electrons. The van der Waals surface area contributed by atoms with Crippen LogP contribution >= 0.6 is 12.6 Å². The van der Waals surface area contributed by atoms with Gasteiger partial charge in [0.1, 0.15) is 23.0 Å². The Balaban J connectivity index is 0.00000112. The van der Waals surface area contributed by atoms with Crippen molar-refractivity contribution < 1.29 is 113 Å². The fraction of sp³-hybridized carbons (Fsp3) is 0.0500. The number of hydrogen-bond donors (Lipinski definition) is 3. The Bertz CT molecular complexity index is 1060. The van der Waals surface area contributed by atoms with E-state index in [-0.39, 0.29) is 99.6 Å². The van der Waals surface area contributed by atoms with Crippen LogP contribution in [-0.4, -0.2) is 16.2 Å². The summed E-state index contributed by atoms with van der Waals surface area (Å²) in [6.45, 7) is 0. The van der Waals surface area contributed by atoms with Crippen LogP contribution in [0.1, 0.15) is 27.0 Å². The van der Waals surface area contributed by atoms with Crippen LogP contribution in [0.25, 0.3) is 0 Å². The van der Waals surface area contributed by atoms with Gasteiger partial charge in [-0.05, 0) is 36.4 Å². The summed E-state index contributed by atoms with van der Waals surface area (Å²) in [6.07, 6.45) is 0. The molecule has 0 saturated heterocycles. The molecule has 0 aliphatic carbocycles. The largest absolute Gasteiger partial charge is 0.508 e. The molecule has 0 saturated carbocycles. The molecule has 2 heterocycles. The minimum atomic E-state index is -1.21. The molecule has 5 rings (SSSR count). The minimum Gasteiger partial charge on any atom is -0.508 e. The van der Waals surface area contributed by atoms with E-state index in [1.807, 2.05) is 0 Å². The molecule has 2 aliphatic rings. The molecule has 5 nitrogen and oxygen atoms in total. The normalized spacial score (nSPS) is 14.5. The summed E-state index contributed by atoms with van der Waals surface area (Å²) in [5.41, 5.74) is 1.10. The fourth-order valence-electron chi connectivity index (χ4n) is 3.69. The van der Waals surface area contributed by atoms with Gasteiger partial charge in [-0.3, -0.25) is 0 Å². The second kappa shape index (κ2) is 8.12. The van der Waals surface area contributed by atoms with Gasteiger partial charge >= 0.3 is 5.97 Å². The first-order valence-electron chi connectivity index (χ1n) is 7.91. The van der Waals surface area contributed by atoms with E-state index in [0.717, 1.165) is 0 Å². The van der Waals surface area contributed by atoms with Crippen molar-refractivity contribution >= 4 is 18.6 Å². The molecular weight excluding hydrogens is 806 g/mol. The zero-order chi connectivity index (χ0) is 18.1. The van der Waals surface area contributed by atoms with E-state index >= 15 is 0 Å². The Morgan fingerprint density at radius 3 is 1.89 bits per heavy atom. The monoisotopic (exact) mass is 818 g/mol. The molecule has 0 aromatic heterocycles. The summed E-state index contributed by atoms with van der Waals surface area (Å²) >= 11 is 4.32. The van der Waals surface area contributed by atoms with E-state index in [9.17, 15) is 15.0 Å². The van der Waals surface area contributed by atoms with Crippen molar-refractivity contribution in [1.29, 1.82) is 0 Å². The number of carbonyl (C=O) groups is 1. The van der Waals surface area contributed by atoms with E-state index in [4.69, 9.17) is 9.47 Å². The Morgan fingerprint density at radius 2 is 1.32 bits per heavy atom. The van der Waals surface area contributed by atoms with E-state index in [0.29, 0.717) is 38.6 Å². The number of aromatic hydroxyl groups is 2. The average molecular weight is 818 g/mol. The second-order valence-electron chi connectivity index (χ2n) is 6.26. The van der Waals surface area contributed by atoms with Gasteiger partial charge in [-0.25, -0.2) is 4.79 Å². The summed E-state index contributed by atoms with van der Waals surface area (Å²) in [7, 11) is 0. The Morgan fingerprint density at radius 1 is 0.786 bits per heavy atom. The summed E-state index contributed by atoms with van der Waals surface area (Å²) in [5.74, 6) is 0.309. The van der Waals surface area contributed by atoms with Crippen LogP contribution in [0.4, 0.5) is 0 Å². The number of fused-ring (bicyclic) bond motifs is 6. The molecule has 3 aromatic carbocycles. The van der Waals surface area contributed by atoms with E-state index in [2.05, 4.69) is 12.6 Å². The Kier molecular flexibility index (Phi) is 6.51. The number of benzene rings is 3. The van der Waals surface area contributed by atoms with Gasteiger partial charge in [0, 0.05) is 122 Å². The fourth-order valence-corrected chi connectivity index (χ4v) is 3.90. The zero-order valence-corrected chi connectivity index (χ0v) is 24.8. The third-order valence-corrected chi connectivity index (χ3v) is 5.04. The first-order chi connectivity index (χ1) is 12.5. The first kappa shape index (κ1) is 22.4. The third kappa shape index (κ3) is 3.25. The predicted molar refractivity (Wildman–Crippen MR) is 95.3 cm³/mol. The number of esters is 1. The van der Waals surface area contributed by atoms with E-state index < -0.39 is 11.6 Å². The number of rotatable bonds is 0. The molecule has 2 aliphatic heterocycles. The molecule has 0 amide bonds. The van der Waals surface area contributed by atoms with Crippen molar-refractivity contribution in [2.75, 3.05) is 0 Å². The van der Waals surface area contributed by atoms with Crippen LogP contribution in [-0.2, 0) is 10.3 Å². The maximum Gasteiger partial charge on any atom is 0.340 e. The molecule has 2 radical (unpaired) electrons. The van der Waals surface area contributed by atoms with Gasteiger partial charge in [-0.2, -0.15) is 0 Å². The smallest absolute Gasteiger partial charge is 0.340 e. The molecule has 0 bridgehead atoms. The molecule has 0 atom stereocenters. The predicted octanol–water partition coefficient (Wildman–Crippen LogP) is 3.95. The summed E-state index contributed by atoms with van der Waals surface area (Å²) < 4.78 is 11.8. The van der Waals surface area contributed by atoms with Crippen LogP contribution < -0.4 is 4.74 Å². The van der Waals surface area contributed by atoms with Crippen LogP contribution in [0.15, 0.2) is 59.5 Å². The quantitative estimate of drug-likeness (QED) is 0.237. The van der Waals surface area contributed by atoms with Crippen molar-refractivity contribution in [1.82, 2.24) is 0 Å². The van der Waals surface area contributed by atoms with Crippen LogP contribution in [0.3, 0.4) is 0 Å². The summed E-state index contributed by atoms with van der Waals surface area (Å²) in [5, 5.41) is 19.7. The molecule has 0 unspecified atom stereocenters. The second-order valence-corrected chi connectivity index (χ2v) is 6.78. The molecule has 0 fully saturated rings. The van der Waals surface area contributed by atoms with Crippen molar-refractivity contribution in [2.24, 2.45) is 0 Å². The molecular formula is C20H12Ac2O5S. The SMILES string of the molecule is O=C1OC2(c3ccc(O)cc3Oc3cc(O)ccc32)c2ccc(S)cc21.[Ac].[Ac]. The third-order valence-electron chi connectivity index (χ3n) is 4.76. The molecule has 3 aromatic rings. The van der Waals surface area contributed by atoms with Gasteiger partial charge in [0.05, 0.1) is 5.56 Å². The van der Waals surface area contributed by atoms with Crippen molar-refractivity contribution in [3.63, 3.8) is 0 Å². The van der Waals surface area contributed by atoms with Crippen LogP contribution in [0.2, 0.25) is 0 Å². The van der Waals surface area contributed by atoms with Gasteiger partial charge < -0.3 is 19.7 Å². The summed E-state index contributed by atoms with van der Waals surface area (Å²) in [6, 6.07) is 14.6. The van der Waals surface area contributed by atoms with Crippen molar-refractivity contribution in [3.05, 3.63) is 76.9 Å². The van der Waals surface area contributed by atoms with Gasteiger partial charge in [0.2, 0.25) is 0 Å². The van der Waals surface area contributed by atoms with E-state index in [1.165, 1.54) is 24.3 Å². The average Bonchev–Trinajstić information content (AvgIpc) is 2.87. The van der Waals surface area contributed by atoms with Crippen LogP contribution in [0.5, 0.6) is 23.0 Å². The summed E-state index contributed by atoms with van der Waals surface area (Å²) in [4.78, 5) is 13.3. The van der Waals surface area contributed by atoms with Crippen molar-refractivity contribution in [2.45, 2.75) is 10.5 Å². The van der Waals surface area contributed by atoms with Crippen molar-refractivity contribution in [3.8, 4) is 23.0 Å². The number of thiol groups is 1. The number of phenolic OH excluding ortho intramolecular Hbond substituents is 2. The number of carbonyl (C=O) groups excluding carboxylic acids is 1. The minimum absolute atomic E-state index is 0. The molecule has 2 N–H and O–H groups in total. The number of ether oxygens (including phenoxy) is 2. The van der Waals surface area contributed by atoms with Gasteiger partial charge in [-0.15, -0.1) is 12.6 Å². The number of phenols is 2. The van der Waals surface area contributed by atoms with Gasteiger partial charge in [-0.1, -0.05) is 6.07 Å². The molecule has 28 heavy (non-hydrogen) atoms. The maximum absolute atomic E-state index is 12.6. The number of hydrogen-bond acceptors (Lipinski definition) is 6. The zero-order valence-electron chi connectivity index (χ0n) is 14.4. The van der Waals surface area contributed by atoms with E-state index in [1.54, 1.807) is 30.3 Å². The topological polar surface area (TPSA) is 76.0 Å². The standard InChI is InChI=1S/C20H12O5S.2Ac/c21-10-1-4-15-17(7-10)24-18-8-11(22)2-5-16(18)20(15)14-6-3-12(26)9-13(14)19(23)25-20;;/h1-9,21-22,26H;;. The van der Waals surface area contributed by atoms with Crippen LogP contribution in [0, 0.1) is 88.1 Å². The Hall–Kier alpha value is -0.237. The van der Waals surface area contributed by atoms with Gasteiger partial charge in [0.25, 0.3) is 0 Å². The van der Waals surface area contributed by atoms with Gasteiger partial charge in [0.15, 0.2) is 5.60 Å². The maximum atomic E-state index is 12.6. The first-order valence-corrected chi connectivity index (χ1v) is 8.35. The Labute approximate surface area is 238 Å². The molecule has 8 heteroatoms.